The molecule has 2 aromatic heterocycles. The zero-order valence-corrected chi connectivity index (χ0v) is 14.1. The predicted molar refractivity (Wildman–Crippen MR) is 91.5 cm³/mol. The Labute approximate surface area is 134 Å². The van der Waals surface area contributed by atoms with Crippen LogP contribution in [0.25, 0.3) is 9.40 Å². The fraction of sp³-hybridized carbons (Fsp3) is 0.562. The van der Waals surface area contributed by atoms with Crippen molar-refractivity contribution in [2.45, 2.75) is 26.2 Å². The maximum atomic E-state index is 12.8. The maximum Gasteiger partial charge on any atom is 0.264 e. The molecule has 1 N–H and O–H groups in total. The summed E-state index contributed by atoms with van der Waals surface area (Å²) in [6.07, 6.45) is 3.40. The molecule has 3 nitrogen and oxygen atoms in total. The maximum absolute atomic E-state index is 12.8. The minimum atomic E-state index is 0.226. The molecule has 1 saturated heterocycles. The number of nitrogens with zero attached hydrogens (tertiary/aromatic N) is 1. The standard InChI is InChI=1S/C16H22N2OS2/c1-2-8-18(11-12-3-6-17-7-4-12)16(19)15-10-14-13(21-15)5-9-20-14/h5,9-10,12,17H,2-4,6-8,11H2,1H3. The highest BCUT2D eigenvalue weighted by atomic mass is 32.1. The quantitative estimate of drug-likeness (QED) is 0.908. The van der Waals surface area contributed by atoms with E-state index < -0.39 is 0 Å². The molecule has 1 fully saturated rings. The summed E-state index contributed by atoms with van der Waals surface area (Å²) >= 11 is 3.35. The van der Waals surface area contributed by atoms with Crippen molar-refractivity contribution in [1.82, 2.24) is 10.2 Å². The molecule has 2 aromatic rings. The van der Waals surface area contributed by atoms with E-state index in [-0.39, 0.29) is 5.91 Å². The second-order valence-electron chi connectivity index (χ2n) is 5.70. The van der Waals surface area contributed by atoms with E-state index in [1.807, 2.05) is 0 Å². The third-order valence-electron chi connectivity index (χ3n) is 4.07. The average Bonchev–Trinajstić information content (AvgIpc) is 3.08. The van der Waals surface area contributed by atoms with Gasteiger partial charge >= 0.3 is 0 Å². The van der Waals surface area contributed by atoms with Gasteiger partial charge in [0.05, 0.1) is 4.88 Å². The molecule has 0 bridgehead atoms. The van der Waals surface area contributed by atoms with Gasteiger partial charge in [0, 0.05) is 22.5 Å². The number of carbonyl (C=O) groups excluding carboxylic acids is 1. The lowest BCUT2D eigenvalue weighted by molar-refractivity contribution is 0.0721. The van der Waals surface area contributed by atoms with Crippen LogP contribution in [0.5, 0.6) is 0 Å². The molecule has 5 heteroatoms. The first-order valence-electron chi connectivity index (χ1n) is 7.75. The number of fused-ring (bicyclic) bond motifs is 1. The number of hydrogen-bond acceptors (Lipinski definition) is 4. The summed E-state index contributed by atoms with van der Waals surface area (Å²) in [4.78, 5) is 15.8. The Morgan fingerprint density at radius 2 is 2.19 bits per heavy atom. The minimum Gasteiger partial charge on any atom is -0.338 e. The first-order chi connectivity index (χ1) is 10.3. The molecule has 0 unspecified atom stereocenters. The van der Waals surface area contributed by atoms with Crippen molar-refractivity contribution < 1.29 is 4.79 Å². The van der Waals surface area contributed by atoms with E-state index >= 15 is 0 Å². The molecule has 0 radical (unpaired) electrons. The molecule has 0 aromatic carbocycles. The zero-order valence-electron chi connectivity index (χ0n) is 12.4. The van der Waals surface area contributed by atoms with Gasteiger partial charge in [-0.25, -0.2) is 0 Å². The molecule has 114 valence electrons. The molecule has 3 rings (SSSR count). The van der Waals surface area contributed by atoms with Gasteiger partial charge in [-0.15, -0.1) is 22.7 Å². The van der Waals surface area contributed by atoms with Gasteiger partial charge in [-0.1, -0.05) is 6.92 Å². The summed E-state index contributed by atoms with van der Waals surface area (Å²) < 4.78 is 2.48. The number of amides is 1. The van der Waals surface area contributed by atoms with Crippen LogP contribution in [-0.2, 0) is 0 Å². The fourth-order valence-electron chi connectivity index (χ4n) is 2.95. The zero-order chi connectivity index (χ0) is 14.7. The van der Waals surface area contributed by atoms with E-state index in [4.69, 9.17) is 0 Å². The van der Waals surface area contributed by atoms with Crippen molar-refractivity contribution in [3.8, 4) is 0 Å². The molecule has 3 heterocycles. The van der Waals surface area contributed by atoms with Crippen LogP contribution in [-0.4, -0.2) is 37.0 Å². The van der Waals surface area contributed by atoms with Crippen molar-refractivity contribution in [2.24, 2.45) is 5.92 Å². The first kappa shape index (κ1) is 15.0. The van der Waals surface area contributed by atoms with Crippen molar-refractivity contribution >= 4 is 38.0 Å². The van der Waals surface area contributed by atoms with Crippen LogP contribution >= 0.6 is 22.7 Å². The van der Waals surface area contributed by atoms with Gasteiger partial charge in [-0.3, -0.25) is 4.79 Å². The molecule has 1 amide bonds. The second-order valence-corrected chi connectivity index (χ2v) is 7.74. The van der Waals surface area contributed by atoms with E-state index in [1.54, 1.807) is 22.7 Å². The van der Waals surface area contributed by atoms with Crippen molar-refractivity contribution in [2.75, 3.05) is 26.2 Å². The molecule has 0 aliphatic carbocycles. The van der Waals surface area contributed by atoms with Crippen LogP contribution < -0.4 is 5.32 Å². The first-order valence-corrected chi connectivity index (χ1v) is 9.44. The Morgan fingerprint density at radius 3 is 2.90 bits per heavy atom. The van der Waals surface area contributed by atoms with Gasteiger partial charge in [-0.2, -0.15) is 0 Å². The summed E-state index contributed by atoms with van der Waals surface area (Å²) in [7, 11) is 0. The van der Waals surface area contributed by atoms with Crippen LogP contribution in [0.4, 0.5) is 0 Å². The van der Waals surface area contributed by atoms with Gasteiger partial charge < -0.3 is 10.2 Å². The normalized spacial score (nSPS) is 16.4. The van der Waals surface area contributed by atoms with E-state index in [1.165, 1.54) is 22.2 Å². The Balaban J connectivity index is 1.72. The predicted octanol–water partition coefficient (Wildman–Crippen LogP) is 3.81. The van der Waals surface area contributed by atoms with Crippen LogP contribution in [0.3, 0.4) is 0 Å². The Bertz CT molecular complexity index is 570. The number of carbonyl (C=O) groups is 1. The van der Waals surface area contributed by atoms with Gasteiger partial charge in [0.1, 0.15) is 0 Å². The highest BCUT2D eigenvalue weighted by Crippen LogP contribution is 2.31. The lowest BCUT2D eigenvalue weighted by Gasteiger charge is -2.29. The fourth-order valence-corrected chi connectivity index (χ4v) is 5.03. The smallest absolute Gasteiger partial charge is 0.264 e. The number of hydrogen-bond donors (Lipinski definition) is 1. The van der Waals surface area contributed by atoms with Gasteiger partial charge in [0.25, 0.3) is 5.91 Å². The van der Waals surface area contributed by atoms with Crippen LogP contribution in [0.15, 0.2) is 17.5 Å². The van der Waals surface area contributed by atoms with Crippen LogP contribution in [0.2, 0.25) is 0 Å². The largest absolute Gasteiger partial charge is 0.338 e. The van der Waals surface area contributed by atoms with Crippen LogP contribution in [0, 0.1) is 5.92 Å². The summed E-state index contributed by atoms with van der Waals surface area (Å²) in [6.45, 7) is 6.12. The minimum absolute atomic E-state index is 0.226. The van der Waals surface area contributed by atoms with Crippen molar-refractivity contribution in [1.29, 1.82) is 0 Å². The van der Waals surface area contributed by atoms with Crippen LogP contribution in [0.1, 0.15) is 35.9 Å². The Kier molecular flexibility index (Phi) is 4.93. The lowest BCUT2D eigenvalue weighted by atomic mass is 9.97. The third-order valence-corrected chi connectivity index (χ3v) is 6.15. The van der Waals surface area contributed by atoms with E-state index in [9.17, 15) is 4.79 Å². The van der Waals surface area contributed by atoms with Gasteiger partial charge in [-0.05, 0) is 55.8 Å². The lowest BCUT2D eigenvalue weighted by Crippen LogP contribution is -2.39. The molecule has 0 atom stereocenters. The molecule has 0 saturated carbocycles. The summed E-state index contributed by atoms with van der Waals surface area (Å²) in [6, 6.07) is 4.18. The summed E-state index contributed by atoms with van der Waals surface area (Å²) in [5.74, 6) is 0.881. The Morgan fingerprint density at radius 1 is 1.38 bits per heavy atom. The van der Waals surface area contributed by atoms with Gasteiger partial charge in [0.15, 0.2) is 0 Å². The molecule has 21 heavy (non-hydrogen) atoms. The van der Waals surface area contributed by atoms with Crippen molar-refractivity contribution in [3.05, 3.63) is 22.4 Å². The van der Waals surface area contributed by atoms with E-state index in [0.717, 1.165) is 37.5 Å². The number of rotatable bonds is 5. The topological polar surface area (TPSA) is 32.3 Å². The van der Waals surface area contributed by atoms with E-state index in [0.29, 0.717) is 5.92 Å². The molecule has 1 aliphatic rings. The molecule has 1 aliphatic heterocycles. The third kappa shape index (κ3) is 3.47. The van der Waals surface area contributed by atoms with Crippen molar-refractivity contribution in [3.63, 3.8) is 0 Å². The Hall–Kier alpha value is -0.910. The SMILES string of the molecule is CCCN(CC1CCNCC1)C(=O)c1cc2sccc2s1. The summed E-state index contributed by atoms with van der Waals surface area (Å²) in [5.41, 5.74) is 0. The number of thiophene rings is 2. The summed E-state index contributed by atoms with van der Waals surface area (Å²) in [5, 5.41) is 5.49. The van der Waals surface area contributed by atoms with E-state index in [2.05, 4.69) is 34.7 Å². The molecular formula is C16H22N2OS2. The number of piperidine rings is 1. The number of nitrogens with one attached hydrogen (secondary N) is 1. The van der Waals surface area contributed by atoms with Gasteiger partial charge in [0.2, 0.25) is 0 Å². The monoisotopic (exact) mass is 322 g/mol. The average molecular weight is 322 g/mol. The highest BCUT2D eigenvalue weighted by molar-refractivity contribution is 7.27. The highest BCUT2D eigenvalue weighted by Gasteiger charge is 2.22. The second kappa shape index (κ2) is 6.90. The molecular weight excluding hydrogens is 300 g/mol. The molecule has 0 spiro atoms.